The van der Waals surface area contributed by atoms with E-state index < -0.39 is 0 Å². The van der Waals surface area contributed by atoms with Crippen LogP contribution >= 0.6 is 0 Å². The van der Waals surface area contributed by atoms with Gasteiger partial charge in [-0.25, -0.2) is 0 Å². The zero-order valence-corrected chi connectivity index (χ0v) is 14.0. The minimum Gasteiger partial charge on any atom is -0.396 e. The van der Waals surface area contributed by atoms with Gasteiger partial charge < -0.3 is 14.9 Å². The zero-order chi connectivity index (χ0) is 16.9. The molecule has 24 heavy (non-hydrogen) atoms. The summed E-state index contributed by atoms with van der Waals surface area (Å²) in [7, 11) is 0. The molecule has 2 aliphatic heterocycles. The van der Waals surface area contributed by atoms with Gasteiger partial charge in [0.05, 0.1) is 11.6 Å². The summed E-state index contributed by atoms with van der Waals surface area (Å²) in [5, 5.41) is 18.7. The van der Waals surface area contributed by atoms with E-state index >= 15 is 0 Å². The summed E-state index contributed by atoms with van der Waals surface area (Å²) in [6.07, 6.45) is 3.81. The molecule has 0 saturated carbocycles. The Kier molecular flexibility index (Phi) is 5.49. The topological polar surface area (TPSA) is 67.6 Å². The van der Waals surface area contributed by atoms with Crippen LogP contribution in [-0.2, 0) is 0 Å². The number of carbonyl (C=O) groups is 1. The van der Waals surface area contributed by atoms with Gasteiger partial charge in [0.2, 0.25) is 0 Å². The van der Waals surface area contributed by atoms with Gasteiger partial charge in [0.25, 0.3) is 5.91 Å². The maximum absolute atomic E-state index is 12.7. The van der Waals surface area contributed by atoms with Crippen LogP contribution in [0.15, 0.2) is 24.3 Å². The predicted octanol–water partition coefficient (Wildman–Crippen LogP) is 1.72. The van der Waals surface area contributed by atoms with Crippen molar-refractivity contribution in [3.63, 3.8) is 0 Å². The highest BCUT2D eigenvalue weighted by Gasteiger charge is 2.36. The minimum atomic E-state index is -0.0355. The van der Waals surface area contributed by atoms with Crippen LogP contribution in [0.1, 0.15) is 35.2 Å². The highest BCUT2D eigenvalue weighted by molar-refractivity contribution is 5.94. The average Bonchev–Trinajstić information content (AvgIpc) is 3.04. The van der Waals surface area contributed by atoms with E-state index in [2.05, 4.69) is 11.0 Å². The van der Waals surface area contributed by atoms with Crippen LogP contribution in [0.3, 0.4) is 0 Å². The quantitative estimate of drug-likeness (QED) is 0.914. The third kappa shape index (κ3) is 3.77. The van der Waals surface area contributed by atoms with Crippen molar-refractivity contribution in [3.8, 4) is 6.07 Å². The Hall–Kier alpha value is -1.90. The smallest absolute Gasteiger partial charge is 0.253 e. The number of aliphatic hydroxyl groups excluding tert-OH is 1. The summed E-state index contributed by atoms with van der Waals surface area (Å²) in [4.78, 5) is 17.0. The van der Waals surface area contributed by atoms with Crippen LogP contribution in [0.5, 0.6) is 0 Å². The molecule has 1 aromatic carbocycles. The number of likely N-dealkylation sites (tertiary alicyclic amines) is 2. The largest absolute Gasteiger partial charge is 0.396 e. The van der Waals surface area contributed by atoms with Gasteiger partial charge in [0.1, 0.15) is 0 Å². The molecule has 3 rings (SSSR count). The summed E-state index contributed by atoms with van der Waals surface area (Å²) in [6, 6.07) is 8.94. The molecule has 1 aromatic rings. The summed E-state index contributed by atoms with van der Waals surface area (Å²) in [5.74, 6) is 0.443. The number of amides is 1. The third-order valence-corrected chi connectivity index (χ3v) is 5.28. The number of rotatable bonds is 4. The molecule has 5 heteroatoms. The van der Waals surface area contributed by atoms with Crippen LogP contribution in [0.25, 0.3) is 0 Å². The molecule has 2 heterocycles. The molecule has 2 aliphatic rings. The number of aliphatic hydroxyl groups is 1. The molecule has 0 bridgehead atoms. The van der Waals surface area contributed by atoms with Gasteiger partial charge in [-0.05, 0) is 50.0 Å². The van der Waals surface area contributed by atoms with Crippen LogP contribution < -0.4 is 0 Å². The first-order valence-electron chi connectivity index (χ1n) is 8.84. The highest BCUT2D eigenvalue weighted by Crippen LogP contribution is 2.26. The first-order valence-corrected chi connectivity index (χ1v) is 8.84. The molecule has 0 radical (unpaired) electrons. The van der Waals surface area contributed by atoms with Crippen LogP contribution in [0.4, 0.5) is 0 Å². The van der Waals surface area contributed by atoms with E-state index in [0.717, 1.165) is 19.6 Å². The first kappa shape index (κ1) is 16.9. The Bertz CT molecular complexity index is 619. The maximum atomic E-state index is 12.7. The number of nitriles is 1. The summed E-state index contributed by atoms with van der Waals surface area (Å²) < 4.78 is 0. The molecule has 0 unspecified atom stereocenters. The van der Waals surface area contributed by atoms with Crippen LogP contribution in [0.2, 0.25) is 0 Å². The van der Waals surface area contributed by atoms with Gasteiger partial charge >= 0.3 is 0 Å². The van der Waals surface area contributed by atoms with Gasteiger partial charge in [-0.15, -0.1) is 0 Å². The lowest BCUT2D eigenvalue weighted by atomic mass is 9.95. The number of hydrogen-bond acceptors (Lipinski definition) is 4. The van der Waals surface area contributed by atoms with Crippen molar-refractivity contribution >= 4 is 5.91 Å². The van der Waals surface area contributed by atoms with E-state index in [0.29, 0.717) is 30.1 Å². The number of carbonyl (C=O) groups excluding carboxylic acids is 1. The lowest BCUT2D eigenvalue weighted by molar-refractivity contribution is 0.0778. The minimum absolute atomic E-state index is 0.0355. The summed E-state index contributed by atoms with van der Waals surface area (Å²) in [6.45, 7) is 4.65. The van der Waals surface area contributed by atoms with E-state index in [-0.39, 0.29) is 18.4 Å². The molecule has 0 aromatic heterocycles. The normalized spacial score (nSPS) is 24.8. The van der Waals surface area contributed by atoms with E-state index in [4.69, 9.17) is 5.26 Å². The summed E-state index contributed by atoms with van der Waals surface area (Å²) in [5.41, 5.74) is 1.06. The van der Waals surface area contributed by atoms with Crippen molar-refractivity contribution in [1.82, 2.24) is 9.80 Å². The monoisotopic (exact) mass is 327 g/mol. The van der Waals surface area contributed by atoms with E-state index in [1.165, 1.54) is 19.3 Å². The SMILES string of the molecule is N#Cc1cccc(C(=O)N2C[C@@H](CN3CCCCC3)[C@@H](CO)C2)c1. The number of piperidine rings is 1. The van der Waals surface area contributed by atoms with Gasteiger partial charge in [0.15, 0.2) is 0 Å². The maximum Gasteiger partial charge on any atom is 0.253 e. The lowest BCUT2D eigenvalue weighted by Gasteiger charge is -2.30. The molecule has 2 fully saturated rings. The second-order valence-corrected chi connectivity index (χ2v) is 6.97. The summed E-state index contributed by atoms with van der Waals surface area (Å²) >= 11 is 0. The van der Waals surface area contributed by atoms with E-state index in [9.17, 15) is 9.90 Å². The highest BCUT2D eigenvalue weighted by atomic mass is 16.3. The zero-order valence-electron chi connectivity index (χ0n) is 14.0. The second kappa shape index (κ2) is 7.78. The van der Waals surface area contributed by atoms with Crippen molar-refractivity contribution in [2.24, 2.45) is 11.8 Å². The van der Waals surface area contributed by atoms with Gasteiger partial charge in [-0.1, -0.05) is 12.5 Å². The second-order valence-electron chi connectivity index (χ2n) is 6.97. The van der Waals surface area contributed by atoms with Crippen LogP contribution in [-0.4, -0.2) is 60.1 Å². The molecule has 2 saturated heterocycles. The van der Waals surface area contributed by atoms with Gasteiger partial charge in [-0.2, -0.15) is 5.26 Å². The molecule has 1 amide bonds. The van der Waals surface area contributed by atoms with Gasteiger partial charge in [0, 0.05) is 37.7 Å². The third-order valence-electron chi connectivity index (χ3n) is 5.28. The fraction of sp³-hybridized carbons (Fsp3) is 0.579. The standard InChI is InChI=1S/C19H25N3O2/c20-10-15-5-4-6-16(9-15)19(24)22-12-17(18(13-22)14-23)11-21-7-2-1-3-8-21/h4-6,9,17-18,23H,1-3,7-8,11-14H2/t17-,18-/m1/s1. The number of hydrogen-bond donors (Lipinski definition) is 1. The van der Waals surface area contributed by atoms with Crippen molar-refractivity contribution in [1.29, 1.82) is 5.26 Å². The van der Waals surface area contributed by atoms with E-state index in [1.807, 2.05) is 4.90 Å². The number of benzene rings is 1. The predicted molar refractivity (Wildman–Crippen MR) is 91.4 cm³/mol. The Morgan fingerprint density at radius 2 is 1.96 bits per heavy atom. The lowest BCUT2D eigenvalue weighted by Crippen LogP contribution is -2.37. The molecule has 0 aliphatic carbocycles. The average molecular weight is 327 g/mol. The molecule has 5 nitrogen and oxygen atoms in total. The van der Waals surface area contributed by atoms with Crippen LogP contribution in [0, 0.1) is 23.2 Å². The Morgan fingerprint density at radius 3 is 2.67 bits per heavy atom. The Labute approximate surface area is 143 Å². The molecule has 2 atom stereocenters. The Balaban J connectivity index is 1.66. The van der Waals surface area contributed by atoms with Crippen molar-refractivity contribution in [2.75, 3.05) is 39.3 Å². The fourth-order valence-corrected chi connectivity index (χ4v) is 3.90. The molecule has 1 N–H and O–H groups in total. The number of nitrogens with zero attached hydrogens (tertiary/aromatic N) is 3. The van der Waals surface area contributed by atoms with Crippen molar-refractivity contribution < 1.29 is 9.90 Å². The molecule has 128 valence electrons. The molecular formula is C19H25N3O2. The van der Waals surface area contributed by atoms with Crippen molar-refractivity contribution in [3.05, 3.63) is 35.4 Å². The molecule has 0 spiro atoms. The fourth-order valence-electron chi connectivity index (χ4n) is 3.90. The Morgan fingerprint density at radius 1 is 1.21 bits per heavy atom. The first-order chi connectivity index (χ1) is 11.7. The van der Waals surface area contributed by atoms with E-state index in [1.54, 1.807) is 24.3 Å². The molecular weight excluding hydrogens is 302 g/mol. The van der Waals surface area contributed by atoms with Crippen molar-refractivity contribution in [2.45, 2.75) is 19.3 Å². The van der Waals surface area contributed by atoms with Gasteiger partial charge in [-0.3, -0.25) is 4.79 Å².